The van der Waals surface area contributed by atoms with E-state index in [0.717, 1.165) is 11.3 Å². The molecule has 2 aromatic carbocycles. The van der Waals surface area contributed by atoms with Crippen molar-refractivity contribution in [3.8, 4) is 11.5 Å². The van der Waals surface area contributed by atoms with Crippen LogP contribution in [0.5, 0.6) is 11.5 Å². The molecule has 0 aliphatic rings. The maximum Gasteiger partial charge on any atom is 0.355 e. The highest BCUT2D eigenvalue weighted by Crippen LogP contribution is 2.34. The fourth-order valence-corrected chi connectivity index (χ4v) is 4.67. The number of hydrogen-bond donors (Lipinski definition) is 2. The highest BCUT2D eigenvalue weighted by Gasteiger charge is 2.32. The van der Waals surface area contributed by atoms with E-state index in [1.807, 2.05) is 0 Å². The van der Waals surface area contributed by atoms with Gasteiger partial charge < -0.3 is 20.3 Å². The topological polar surface area (TPSA) is 132 Å². The molecule has 3 rings (SSSR count). The number of amides is 2. The van der Waals surface area contributed by atoms with E-state index in [2.05, 4.69) is 4.98 Å². The van der Waals surface area contributed by atoms with Crippen LogP contribution in [0.3, 0.4) is 0 Å². The summed E-state index contributed by atoms with van der Waals surface area (Å²) < 4.78 is 10.6. The highest BCUT2D eigenvalue weighted by molar-refractivity contribution is 7.09. The average Bonchev–Trinajstić information content (AvgIpc) is 3.30. The third-order valence-electron chi connectivity index (χ3n) is 5.07. The zero-order chi connectivity index (χ0) is 25.7. The molecule has 35 heavy (non-hydrogen) atoms. The quantitative estimate of drug-likeness (QED) is 0.393. The molecule has 184 valence electrons. The fraction of sp³-hybridized carbons (Fsp3) is 0.217. The molecule has 0 aliphatic heterocycles. The monoisotopic (exact) mass is 537 g/mol. The van der Waals surface area contributed by atoms with Gasteiger partial charge in [-0.1, -0.05) is 23.2 Å². The molecular weight excluding hydrogens is 517 g/mol. The number of ether oxygens (including phenoxy) is 2. The van der Waals surface area contributed by atoms with Gasteiger partial charge in [0, 0.05) is 28.6 Å². The largest absolute Gasteiger partial charge is 0.493 e. The number of aromatic carboxylic acids is 1. The molecule has 0 saturated heterocycles. The average molecular weight is 538 g/mol. The van der Waals surface area contributed by atoms with Gasteiger partial charge in [-0.15, -0.1) is 11.3 Å². The van der Waals surface area contributed by atoms with Crippen LogP contribution >= 0.6 is 34.5 Å². The Morgan fingerprint density at radius 1 is 1.11 bits per heavy atom. The summed E-state index contributed by atoms with van der Waals surface area (Å²) in [4.78, 5) is 42.7. The molecule has 2 amide bonds. The summed E-state index contributed by atoms with van der Waals surface area (Å²) >= 11 is 13.4. The lowest BCUT2D eigenvalue weighted by atomic mass is 10.0. The van der Waals surface area contributed by atoms with Gasteiger partial charge in [0.1, 0.15) is 6.04 Å². The summed E-state index contributed by atoms with van der Waals surface area (Å²) in [6.45, 7) is 0. The van der Waals surface area contributed by atoms with E-state index in [1.54, 1.807) is 18.2 Å². The van der Waals surface area contributed by atoms with Gasteiger partial charge in [0.25, 0.3) is 5.91 Å². The third-order valence-corrected chi connectivity index (χ3v) is 6.52. The SMILES string of the molecule is COc1ccc(N(C(=O)c2ccc(Cl)cc2Cl)C(CCc2nc(C(=O)O)cs2)C(N)=O)cc1OC. The molecule has 9 nitrogen and oxygen atoms in total. The standard InChI is InChI=1S/C23H21Cl2N3O6S/c1-33-18-7-4-13(10-19(18)34-2)28(22(30)14-5-3-12(24)9-15(14)25)17(21(26)29)6-8-20-27-16(11-35-20)23(31)32/h3-5,7,9-11,17H,6,8H2,1-2H3,(H2,26,29)(H,31,32). The molecule has 12 heteroatoms. The first-order valence-electron chi connectivity index (χ1n) is 10.1. The van der Waals surface area contributed by atoms with Crippen LogP contribution < -0.4 is 20.1 Å². The summed E-state index contributed by atoms with van der Waals surface area (Å²) in [6, 6.07) is 7.99. The van der Waals surface area contributed by atoms with Gasteiger partial charge >= 0.3 is 5.97 Å². The Balaban J connectivity index is 2.05. The zero-order valence-corrected chi connectivity index (χ0v) is 21.0. The van der Waals surface area contributed by atoms with E-state index in [9.17, 15) is 14.4 Å². The first-order valence-corrected chi connectivity index (χ1v) is 11.8. The number of carboxylic acid groups (broad SMARTS) is 1. The van der Waals surface area contributed by atoms with E-state index >= 15 is 0 Å². The number of methoxy groups -OCH3 is 2. The number of benzene rings is 2. The molecule has 0 saturated carbocycles. The van der Waals surface area contributed by atoms with E-state index in [-0.39, 0.29) is 29.1 Å². The van der Waals surface area contributed by atoms with E-state index in [0.29, 0.717) is 27.2 Å². The number of carbonyl (C=O) groups is 3. The van der Waals surface area contributed by atoms with Gasteiger partial charge in [0.2, 0.25) is 5.91 Å². The molecule has 0 aliphatic carbocycles. The number of nitrogens with zero attached hydrogens (tertiary/aromatic N) is 2. The van der Waals surface area contributed by atoms with Crippen LogP contribution in [-0.4, -0.2) is 48.1 Å². The van der Waals surface area contributed by atoms with Crippen molar-refractivity contribution in [1.82, 2.24) is 4.98 Å². The minimum atomic E-state index is -1.15. The second-order valence-electron chi connectivity index (χ2n) is 7.23. The van der Waals surface area contributed by atoms with Gasteiger partial charge in [-0.05, 0) is 36.8 Å². The lowest BCUT2D eigenvalue weighted by molar-refractivity contribution is -0.119. The van der Waals surface area contributed by atoms with Gasteiger partial charge in [-0.2, -0.15) is 0 Å². The van der Waals surface area contributed by atoms with Crippen molar-refractivity contribution < 1.29 is 29.0 Å². The number of thiazole rings is 1. The number of aryl methyl sites for hydroxylation is 1. The van der Waals surface area contributed by atoms with Crippen molar-refractivity contribution >= 4 is 58.0 Å². The summed E-state index contributed by atoms with van der Waals surface area (Å²) in [5.41, 5.74) is 6.07. The van der Waals surface area contributed by atoms with Crippen molar-refractivity contribution in [1.29, 1.82) is 0 Å². The van der Waals surface area contributed by atoms with Gasteiger partial charge in [0.15, 0.2) is 17.2 Å². The lowest BCUT2D eigenvalue weighted by Gasteiger charge is -2.30. The van der Waals surface area contributed by atoms with Crippen molar-refractivity contribution in [3.63, 3.8) is 0 Å². The molecule has 3 N–H and O–H groups in total. The van der Waals surface area contributed by atoms with Crippen LogP contribution in [0.2, 0.25) is 10.0 Å². The maximum absolute atomic E-state index is 13.7. The van der Waals surface area contributed by atoms with Crippen LogP contribution in [-0.2, 0) is 11.2 Å². The van der Waals surface area contributed by atoms with Crippen molar-refractivity contribution in [3.05, 3.63) is 68.1 Å². The molecule has 1 heterocycles. The highest BCUT2D eigenvalue weighted by atomic mass is 35.5. The van der Waals surface area contributed by atoms with Crippen LogP contribution in [0.4, 0.5) is 5.69 Å². The van der Waals surface area contributed by atoms with Crippen LogP contribution in [0.1, 0.15) is 32.3 Å². The van der Waals surface area contributed by atoms with Crippen LogP contribution in [0.25, 0.3) is 0 Å². The molecule has 0 fully saturated rings. The van der Waals surface area contributed by atoms with Crippen molar-refractivity contribution in [2.75, 3.05) is 19.1 Å². The number of aromatic nitrogens is 1. The van der Waals surface area contributed by atoms with Gasteiger partial charge in [-0.3, -0.25) is 14.5 Å². The van der Waals surface area contributed by atoms with E-state index < -0.39 is 23.8 Å². The Bertz CT molecular complexity index is 1270. The Morgan fingerprint density at radius 3 is 2.40 bits per heavy atom. The molecular formula is C23H21Cl2N3O6S. The van der Waals surface area contributed by atoms with Crippen molar-refractivity contribution in [2.45, 2.75) is 18.9 Å². The van der Waals surface area contributed by atoms with E-state index in [4.69, 9.17) is 43.5 Å². The number of anilines is 1. The lowest BCUT2D eigenvalue weighted by Crippen LogP contribution is -2.48. The minimum absolute atomic E-state index is 0.0766. The second-order valence-corrected chi connectivity index (χ2v) is 9.01. The Labute approximate surface area is 215 Å². The fourth-order valence-electron chi connectivity index (χ4n) is 3.39. The minimum Gasteiger partial charge on any atom is -0.493 e. The van der Waals surface area contributed by atoms with Gasteiger partial charge in [0.05, 0.1) is 29.8 Å². The van der Waals surface area contributed by atoms with Crippen molar-refractivity contribution in [2.24, 2.45) is 5.73 Å². The predicted molar refractivity (Wildman–Crippen MR) is 133 cm³/mol. The van der Waals surface area contributed by atoms with Gasteiger partial charge in [-0.25, -0.2) is 9.78 Å². The number of hydrogen-bond acceptors (Lipinski definition) is 7. The normalized spacial score (nSPS) is 11.5. The predicted octanol–water partition coefficient (Wildman–Crippen LogP) is 4.30. The number of carboxylic acids is 1. The summed E-state index contributed by atoms with van der Waals surface area (Å²) in [7, 11) is 2.91. The molecule has 0 bridgehead atoms. The molecule has 3 aromatic rings. The Morgan fingerprint density at radius 2 is 1.83 bits per heavy atom. The van der Waals surface area contributed by atoms with Crippen LogP contribution in [0.15, 0.2) is 41.8 Å². The smallest absolute Gasteiger partial charge is 0.355 e. The second kappa shape index (κ2) is 11.4. The summed E-state index contributed by atoms with van der Waals surface area (Å²) in [6.07, 6.45) is 0.282. The molecule has 1 unspecified atom stereocenters. The maximum atomic E-state index is 13.7. The van der Waals surface area contributed by atoms with Crippen LogP contribution in [0, 0.1) is 0 Å². The first-order chi connectivity index (χ1) is 16.7. The zero-order valence-electron chi connectivity index (χ0n) is 18.7. The Hall–Kier alpha value is -3.34. The number of primary amides is 1. The number of nitrogens with two attached hydrogens (primary N) is 1. The molecule has 1 atom stereocenters. The summed E-state index contributed by atoms with van der Waals surface area (Å²) in [5.74, 6) is -1.76. The number of carbonyl (C=O) groups excluding carboxylic acids is 2. The number of rotatable bonds is 10. The Kier molecular flexibility index (Phi) is 8.55. The summed E-state index contributed by atoms with van der Waals surface area (Å²) in [5, 5.41) is 11.4. The van der Waals surface area contributed by atoms with E-state index in [1.165, 1.54) is 42.7 Å². The molecule has 0 spiro atoms. The molecule has 0 radical (unpaired) electrons. The number of halogens is 2. The third kappa shape index (κ3) is 6.02. The molecule has 1 aromatic heterocycles. The first kappa shape index (κ1) is 26.3.